The Morgan fingerprint density at radius 2 is 1.84 bits per heavy atom. The van der Waals surface area contributed by atoms with E-state index < -0.39 is 0 Å². The normalized spacial score (nSPS) is 32.2. The fourth-order valence-electron chi connectivity index (χ4n) is 3.84. The summed E-state index contributed by atoms with van der Waals surface area (Å²) in [6.07, 6.45) is 10.1. The molecule has 2 heteroatoms. The lowest BCUT2D eigenvalue weighted by molar-refractivity contribution is 0.218. The summed E-state index contributed by atoms with van der Waals surface area (Å²) in [5.74, 6) is 1.72. The van der Waals surface area contributed by atoms with Crippen molar-refractivity contribution >= 4 is 11.4 Å². The van der Waals surface area contributed by atoms with Crippen LogP contribution in [0.5, 0.6) is 0 Å². The molecular weight excluding hydrogens is 232 g/mol. The van der Waals surface area contributed by atoms with E-state index in [0.29, 0.717) is 6.04 Å². The van der Waals surface area contributed by atoms with Crippen molar-refractivity contribution in [2.24, 2.45) is 11.8 Å². The maximum absolute atomic E-state index is 3.70. The molecule has 1 heterocycles. The second kappa shape index (κ2) is 4.59. The molecule has 1 aromatic rings. The van der Waals surface area contributed by atoms with Gasteiger partial charge in [0.25, 0.3) is 0 Å². The zero-order chi connectivity index (χ0) is 12.7. The van der Waals surface area contributed by atoms with Gasteiger partial charge in [0.2, 0.25) is 0 Å². The Morgan fingerprint density at radius 1 is 1.05 bits per heavy atom. The highest BCUT2D eigenvalue weighted by Gasteiger charge is 2.40. The van der Waals surface area contributed by atoms with Crippen molar-refractivity contribution < 1.29 is 0 Å². The average molecular weight is 254 g/mol. The van der Waals surface area contributed by atoms with Crippen LogP contribution in [0.4, 0.5) is 11.4 Å². The Bertz CT molecular complexity index is 471. The highest BCUT2D eigenvalue weighted by atomic mass is 15.1. The lowest BCUT2D eigenvalue weighted by Gasteiger charge is -2.41. The summed E-state index contributed by atoms with van der Waals surface area (Å²) in [5.41, 5.74) is 2.67. The molecule has 2 fully saturated rings. The predicted molar refractivity (Wildman–Crippen MR) is 80.7 cm³/mol. The quantitative estimate of drug-likeness (QED) is 0.828. The maximum atomic E-state index is 3.70. The fraction of sp³-hybridized carbons (Fsp3) is 0.529. The highest BCUT2D eigenvalue weighted by Crippen LogP contribution is 2.44. The van der Waals surface area contributed by atoms with Crippen LogP contribution in [0.25, 0.3) is 0 Å². The summed E-state index contributed by atoms with van der Waals surface area (Å²) in [5, 5.41) is 3.70. The van der Waals surface area contributed by atoms with Gasteiger partial charge in [0, 0.05) is 36.4 Å². The summed E-state index contributed by atoms with van der Waals surface area (Å²) in [6, 6.07) is 9.71. The molecule has 3 aliphatic rings. The first-order valence-electron chi connectivity index (χ1n) is 7.68. The fourth-order valence-corrected chi connectivity index (χ4v) is 3.84. The van der Waals surface area contributed by atoms with E-state index in [-0.39, 0.29) is 0 Å². The van der Waals surface area contributed by atoms with Crippen molar-refractivity contribution in [1.82, 2.24) is 0 Å². The molecule has 3 atom stereocenters. The van der Waals surface area contributed by atoms with Crippen LogP contribution in [-0.4, -0.2) is 19.1 Å². The molecule has 0 bridgehead atoms. The number of nitrogens with zero attached hydrogens (tertiary/aromatic N) is 1. The van der Waals surface area contributed by atoms with Crippen molar-refractivity contribution in [3.63, 3.8) is 0 Å². The van der Waals surface area contributed by atoms with Gasteiger partial charge >= 0.3 is 0 Å². The first-order chi connectivity index (χ1) is 9.40. The molecule has 2 aliphatic carbocycles. The van der Waals surface area contributed by atoms with Crippen LogP contribution in [0.2, 0.25) is 0 Å². The van der Waals surface area contributed by atoms with E-state index in [4.69, 9.17) is 0 Å². The van der Waals surface area contributed by atoms with Crippen LogP contribution in [-0.2, 0) is 0 Å². The molecule has 4 rings (SSSR count). The van der Waals surface area contributed by atoms with E-state index in [2.05, 4.69) is 46.6 Å². The van der Waals surface area contributed by atoms with Crippen molar-refractivity contribution in [2.45, 2.75) is 31.7 Å². The topological polar surface area (TPSA) is 15.3 Å². The monoisotopic (exact) mass is 254 g/mol. The third kappa shape index (κ3) is 2.03. The third-order valence-electron chi connectivity index (χ3n) is 5.05. The van der Waals surface area contributed by atoms with E-state index in [0.717, 1.165) is 11.8 Å². The van der Waals surface area contributed by atoms with Crippen LogP contribution >= 0.6 is 0 Å². The van der Waals surface area contributed by atoms with Gasteiger partial charge < -0.3 is 10.2 Å². The molecule has 2 nitrogen and oxygen atoms in total. The number of fused-ring (bicyclic) bond motifs is 1. The van der Waals surface area contributed by atoms with Crippen molar-refractivity contribution in [1.29, 1.82) is 0 Å². The highest BCUT2D eigenvalue weighted by molar-refractivity contribution is 5.56. The molecule has 0 radical (unpaired) electrons. The lowest BCUT2D eigenvalue weighted by Crippen LogP contribution is -2.43. The lowest BCUT2D eigenvalue weighted by atomic mass is 9.71. The Morgan fingerprint density at radius 3 is 2.58 bits per heavy atom. The number of benzene rings is 1. The number of rotatable bonds is 3. The van der Waals surface area contributed by atoms with E-state index in [1.165, 1.54) is 50.1 Å². The van der Waals surface area contributed by atoms with Crippen LogP contribution in [0, 0.1) is 11.8 Å². The average Bonchev–Trinajstić information content (AvgIpc) is 3.06. The molecule has 0 aromatic heterocycles. The summed E-state index contributed by atoms with van der Waals surface area (Å²) in [7, 11) is 0. The van der Waals surface area contributed by atoms with Gasteiger partial charge in [-0.25, -0.2) is 0 Å². The summed E-state index contributed by atoms with van der Waals surface area (Å²) >= 11 is 0. The van der Waals surface area contributed by atoms with Crippen LogP contribution in [0.1, 0.15) is 25.7 Å². The molecule has 100 valence electrons. The third-order valence-corrected chi connectivity index (χ3v) is 5.05. The molecule has 0 amide bonds. The summed E-state index contributed by atoms with van der Waals surface area (Å²) < 4.78 is 0. The van der Waals surface area contributed by atoms with Gasteiger partial charge in [-0.15, -0.1) is 0 Å². The van der Waals surface area contributed by atoms with E-state index in [1.54, 1.807) is 0 Å². The SMILES string of the molecule is C1=CC2C(C1)CC2Nc1ccc(N2CCCC2)cc1. The molecule has 0 spiro atoms. The van der Waals surface area contributed by atoms with Crippen LogP contribution < -0.4 is 10.2 Å². The predicted octanol–water partition coefficient (Wildman–Crippen LogP) is 3.66. The molecule has 1 saturated carbocycles. The molecular formula is C17H22N2. The van der Waals surface area contributed by atoms with Gasteiger partial charge in [0.05, 0.1) is 0 Å². The van der Waals surface area contributed by atoms with Crippen molar-refractivity contribution in [2.75, 3.05) is 23.3 Å². The van der Waals surface area contributed by atoms with Gasteiger partial charge in [-0.2, -0.15) is 0 Å². The molecule has 3 unspecified atom stereocenters. The number of hydrogen-bond acceptors (Lipinski definition) is 2. The first-order valence-corrected chi connectivity index (χ1v) is 7.68. The van der Waals surface area contributed by atoms with E-state index >= 15 is 0 Å². The zero-order valence-electron chi connectivity index (χ0n) is 11.4. The Hall–Kier alpha value is -1.44. The van der Waals surface area contributed by atoms with Crippen LogP contribution in [0.3, 0.4) is 0 Å². The van der Waals surface area contributed by atoms with Crippen LogP contribution in [0.15, 0.2) is 36.4 Å². The van der Waals surface area contributed by atoms with Gasteiger partial charge in [0.15, 0.2) is 0 Å². The number of nitrogens with one attached hydrogen (secondary N) is 1. The summed E-state index contributed by atoms with van der Waals surface area (Å²) in [4.78, 5) is 2.49. The molecule has 19 heavy (non-hydrogen) atoms. The van der Waals surface area contributed by atoms with E-state index in [9.17, 15) is 0 Å². The summed E-state index contributed by atoms with van der Waals surface area (Å²) in [6.45, 7) is 2.45. The minimum Gasteiger partial charge on any atom is -0.382 e. The van der Waals surface area contributed by atoms with Crippen molar-refractivity contribution in [3.8, 4) is 0 Å². The Balaban J connectivity index is 1.40. The minimum absolute atomic E-state index is 0.668. The molecule has 1 aromatic carbocycles. The second-order valence-electron chi connectivity index (χ2n) is 6.23. The number of anilines is 2. The number of allylic oxidation sites excluding steroid dienone is 1. The number of hydrogen-bond donors (Lipinski definition) is 1. The maximum Gasteiger partial charge on any atom is 0.0367 e. The zero-order valence-corrected chi connectivity index (χ0v) is 11.4. The molecule has 1 aliphatic heterocycles. The van der Waals surface area contributed by atoms with E-state index in [1.807, 2.05) is 0 Å². The van der Waals surface area contributed by atoms with Gasteiger partial charge in [-0.05, 0) is 55.9 Å². The second-order valence-corrected chi connectivity index (χ2v) is 6.23. The van der Waals surface area contributed by atoms with Gasteiger partial charge in [0.1, 0.15) is 0 Å². The minimum atomic E-state index is 0.668. The largest absolute Gasteiger partial charge is 0.382 e. The molecule has 1 saturated heterocycles. The van der Waals surface area contributed by atoms with Gasteiger partial charge in [-0.3, -0.25) is 0 Å². The van der Waals surface area contributed by atoms with Crippen molar-refractivity contribution in [3.05, 3.63) is 36.4 Å². The first kappa shape index (κ1) is 11.4. The van der Waals surface area contributed by atoms with Gasteiger partial charge in [-0.1, -0.05) is 12.2 Å². The smallest absolute Gasteiger partial charge is 0.0367 e. The Kier molecular flexibility index (Phi) is 2.75. The Labute approximate surface area is 115 Å². The standard InChI is InChI=1S/C17H22N2/c1-2-11-19(10-1)15-8-6-14(7-9-15)18-17-12-13-4-3-5-16(13)17/h3,5-9,13,16-18H,1-2,4,10-12H2. The molecule has 1 N–H and O–H groups in total.